The number of nitrogens with zero attached hydrogens (tertiary/aromatic N) is 2. The number of phenols is 1. The maximum absolute atomic E-state index is 12.8. The Balaban J connectivity index is 1.71. The van der Waals surface area contributed by atoms with Crippen LogP contribution in [0.15, 0.2) is 12.1 Å². The van der Waals surface area contributed by atoms with Crippen LogP contribution in [-0.4, -0.2) is 52.9 Å². The molecule has 1 heterocycles. The van der Waals surface area contributed by atoms with Gasteiger partial charge < -0.3 is 14.9 Å². The summed E-state index contributed by atoms with van der Waals surface area (Å²) in [7, 11) is 1.82. The van der Waals surface area contributed by atoms with Gasteiger partial charge >= 0.3 is 0 Å². The highest BCUT2D eigenvalue weighted by atomic mass is 16.3. The highest BCUT2D eigenvalue weighted by Gasteiger charge is 2.28. The van der Waals surface area contributed by atoms with Crippen molar-refractivity contribution in [2.75, 3.05) is 20.1 Å². The number of hydrogen-bond acceptors (Lipinski definition) is 3. The number of carbonyl (C=O) groups excluding carboxylic acids is 2. The molecule has 3 rings (SSSR count). The third-order valence-corrected chi connectivity index (χ3v) is 5.49. The minimum atomic E-state index is -0.0928. The fraction of sp³-hybridized carbons (Fsp3) is 0.579. The highest BCUT2D eigenvalue weighted by Crippen LogP contribution is 2.30. The van der Waals surface area contributed by atoms with Crippen molar-refractivity contribution in [2.45, 2.75) is 51.5 Å². The molecule has 0 radical (unpaired) electrons. The summed E-state index contributed by atoms with van der Waals surface area (Å²) in [5.41, 5.74) is 2.81. The van der Waals surface area contributed by atoms with E-state index in [9.17, 15) is 14.7 Å². The van der Waals surface area contributed by atoms with E-state index in [0.717, 1.165) is 38.5 Å². The van der Waals surface area contributed by atoms with Gasteiger partial charge in [0.1, 0.15) is 5.75 Å². The topological polar surface area (TPSA) is 60.9 Å². The van der Waals surface area contributed by atoms with Gasteiger partial charge in [-0.15, -0.1) is 0 Å². The second-order valence-corrected chi connectivity index (χ2v) is 7.00. The zero-order valence-electron chi connectivity index (χ0n) is 14.5. The molecule has 1 saturated heterocycles. The normalized spacial score (nSPS) is 18.2. The minimum absolute atomic E-state index is 0.0621. The third kappa shape index (κ3) is 3.25. The smallest absolute Gasteiger partial charge is 0.257 e. The Morgan fingerprint density at radius 2 is 1.71 bits per heavy atom. The number of aromatic hydroxyl groups is 1. The van der Waals surface area contributed by atoms with Crippen molar-refractivity contribution in [3.63, 3.8) is 0 Å². The number of aryl methyl sites for hydroxylation is 2. The first kappa shape index (κ1) is 16.8. The van der Waals surface area contributed by atoms with Crippen LogP contribution < -0.4 is 0 Å². The number of amides is 2. The largest absolute Gasteiger partial charge is 0.507 e. The molecular formula is C19H26N2O3. The molecule has 1 aromatic carbocycles. The molecule has 1 fully saturated rings. The molecule has 0 aromatic heterocycles. The van der Waals surface area contributed by atoms with E-state index in [-0.39, 0.29) is 23.6 Å². The average molecular weight is 330 g/mol. The van der Waals surface area contributed by atoms with Crippen LogP contribution in [0.5, 0.6) is 5.75 Å². The van der Waals surface area contributed by atoms with E-state index in [1.165, 1.54) is 11.1 Å². The lowest BCUT2D eigenvalue weighted by molar-refractivity contribution is -0.130. The van der Waals surface area contributed by atoms with Crippen LogP contribution in [0.25, 0.3) is 0 Å². The summed E-state index contributed by atoms with van der Waals surface area (Å²) in [5, 5.41) is 10.3. The Morgan fingerprint density at radius 1 is 1.12 bits per heavy atom. The van der Waals surface area contributed by atoms with Crippen molar-refractivity contribution in [3.05, 3.63) is 28.8 Å². The van der Waals surface area contributed by atoms with E-state index in [1.54, 1.807) is 22.8 Å². The van der Waals surface area contributed by atoms with E-state index in [0.29, 0.717) is 18.7 Å². The number of hydrogen-bond donors (Lipinski definition) is 1. The maximum Gasteiger partial charge on any atom is 0.257 e. The van der Waals surface area contributed by atoms with Crippen LogP contribution in [-0.2, 0) is 17.6 Å². The van der Waals surface area contributed by atoms with Crippen molar-refractivity contribution in [3.8, 4) is 5.75 Å². The monoisotopic (exact) mass is 330 g/mol. The summed E-state index contributed by atoms with van der Waals surface area (Å²) < 4.78 is 0. The maximum atomic E-state index is 12.8. The summed E-state index contributed by atoms with van der Waals surface area (Å²) in [4.78, 5) is 27.8. The number of piperidine rings is 1. The van der Waals surface area contributed by atoms with Gasteiger partial charge in [-0.05, 0) is 61.8 Å². The zero-order valence-corrected chi connectivity index (χ0v) is 14.5. The van der Waals surface area contributed by atoms with Crippen molar-refractivity contribution in [2.24, 2.45) is 0 Å². The summed E-state index contributed by atoms with van der Waals surface area (Å²) in [6.45, 7) is 2.82. The van der Waals surface area contributed by atoms with Gasteiger partial charge in [-0.3, -0.25) is 9.59 Å². The molecule has 130 valence electrons. The lowest BCUT2D eigenvalue weighted by Gasteiger charge is -2.36. The summed E-state index contributed by atoms with van der Waals surface area (Å²) in [5.74, 6) is 0.0699. The van der Waals surface area contributed by atoms with E-state index >= 15 is 0 Å². The summed E-state index contributed by atoms with van der Waals surface area (Å²) >= 11 is 0. The van der Waals surface area contributed by atoms with E-state index < -0.39 is 0 Å². The number of likely N-dealkylation sites (tertiary alicyclic amines) is 1. The number of rotatable bonds is 2. The second kappa shape index (κ2) is 6.83. The number of benzene rings is 1. The Morgan fingerprint density at radius 3 is 2.29 bits per heavy atom. The fourth-order valence-corrected chi connectivity index (χ4v) is 3.83. The molecular weight excluding hydrogens is 304 g/mol. The first-order chi connectivity index (χ1) is 11.5. The number of fused-ring (bicyclic) bond motifs is 1. The molecule has 0 atom stereocenters. The van der Waals surface area contributed by atoms with E-state index in [1.807, 2.05) is 13.1 Å². The minimum Gasteiger partial charge on any atom is -0.507 e. The molecule has 0 saturated carbocycles. The SMILES string of the molecule is CC(=O)N(C)C1CCN(C(=O)c2cc3c(cc2O)CCCC3)CC1. The quantitative estimate of drug-likeness (QED) is 0.905. The highest BCUT2D eigenvalue weighted by molar-refractivity contribution is 5.97. The lowest BCUT2D eigenvalue weighted by atomic mass is 9.89. The Hall–Kier alpha value is -2.04. The van der Waals surface area contributed by atoms with Crippen molar-refractivity contribution >= 4 is 11.8 Å². The fourth-order valence-electron chi connectivity index (χ4n) is 3.83. The van der Waals surface area contributed by atoms with Gasteiger partial charge in [0.15, 0.2) is 0 Å². The molecule has 5 heteroatoms. The van der Waals surface area contributed by atoms with Crippen LogP contribution in [0.3, 0.4) is 0 Å². The van der Waals surface area contributed by atoms with E-state index in [4.69, 9.17) is 0 Å². The number of carbonyl (C=O) groups is 2. The molecule has 1 aromatic rings. The van der Waals surface area contributed by atoms with Gasteiger partial charge in [0, 0.05) is 33.1 Å². The van der Waals surface area contributed by atoms with Gasteiger partial charge in [0.2, 0.25) is 5.91 Å². The van der Waals surface area contributed by atoms with Gasteiger partial charge in [0.05, 0.1) is 5.56 Å². The lowest BCUT2D eigenvalue weighted by Crippen LogP contribution is -2.46. The Labute approximate surface area is 143 Å². The Kier molecular flexibility index (Phi) is 4.78. The van der Waals surface area contributed by atoms with Crippen LogP contribution in [0.4, 0.5) is 0 Å². The summed E-state index contributed by atoms with van der Waals surface area (Å²) in [6.07, 6.45) is 5.84. The average Bonchev–Trinajstić information content (AvgIpc) is 2.60. The molecule has 24 heavy (non-hydrogen) atoms. The van der Waals surface area contributed by atoms with Gasteiger partial charge in [-0.2, -0.15) is 0 Å². The number of phenolic OH excluding ortho intramolecular Hbond substituents is 1. The first-order valence-corrected chi connectivity index (χ1v) is 8.85. The van der Waals surface area contributed by atoms with Crippen molar-refractivity contribution < 1.29 is 14.7 Å². The molecule has 0 unspecified atom stereocenters. The Bertz CT molecular complexity index is 648. The van der Waals surface area contributed by atoms with Crippen LogP contribution >= 0.6 is 0 Å². The molecule has 0 spiro atoms. The second-order valence-electron chi connectivity index (χ2n) is 7.00. The predicted molar refractivity (Wildman–Crippen MR) is 92.1 cm³/mol. The molecule has 1 aliphatic carbocycles. The molecule has 0 bridgehead atoms. The van der Waals surface area contributed by atoms with Crippen molar-refractivity contribution in [1.29, 1.82) is 0 Å². The van der Waals surface area contributed by atoms with Crippen LogP contribution in [0, 0.1) is 0 Å². The van der Waals surface area contributed by atoms with Gasteiger partial charge in [-0.25, -0.2) is 0 Å². The summed E-state index contributed by atoms with van der Waals surface area (Å²) in [6, 6.07) is 3.86. The molecule has 1 aliphatic heterocycles. The third-order valence-electron chi connectivity index (χ3n) is 5.49. The van der Waals surface area contributed by atoms with Crippen LogP contribution in [0.1, 0.15) is 54.1 Å². The van der Waals surface area contributed by atoms with E-state index in [2.05, 4.69) is 0 Å². The zero-order chi connectivity index (χ0) is 17.3. The standard InChI is InChI=1S/C19H26N2O3/c1-13(22)20(2)16-7-9-21(10-8-16)19(24)17-11-14-5-3-4-6-15(14)12-18(17)23/h11-12,16,23H,3-10H2,1-2H3. The van der Waals surface area contributed by atoms with Gasteiger partial charge in [0.25, 0.3) is 5.91 Å². The molecule has 5 nitrogen and oxygen atoms in total. The predicted octanol–water partition coefficient (Wildman–Crippen LogP) is 2.35. The van der Waals surface area contributed by atoms with Crippen molar-refractivity contribution in [1.82, 2.24) is 9.80 Å². The first-order valence-electron chi connectivity index (χ1n) is 8.85. The van der Waals surface area contributed by atoms with Crippen LogP contribution in [0.2, 0.25) is 0 Å². The molecule has 1 N–H and O–H groups in total. The van der Waals surface area contributed by atoms with Gasteiger partial charge in [-0.1, -0.05) is 0 Å². The molecule has 2 aliphatic rings. The molecule has 2 amide bonds.